The number of nitrogens with zero attached hydrogens (tertiary/aromatic N) is 2. The van der Waals surface area contributed by atoms with Crippen molar-refractivity contribution < 1.29 is 13.2 Å². The molecule has 0 saturated heterocycles. The fraction of sp³-hybridized carbons (Fsp3) is 0.467. The minimum atomic E-state index is -3.47. The molecule has 0 radical (unpaired) electrons. The summed E-state index contributed by atoms with van der Waals surface area (Å²) >= 11 is 1.48. The maximum absolute atomic E-state index is 12.6. The van der Waals surface area contributed by atoms with Crippen molar-refractivity contribution in [2.24, 2.45) is 4.99 Å². The second-order valence-corrected chi connectivity index (χ2v) is 8.75. The maximum atomic E-state index is 12.6. The van der Waals surface area contributed by atoms with Crippen LogP contribution in [0.1, 0.15) is 18.1 Å². The van der Waals surface area contributed by atoms with Gasteiger partial charge < -0.3 is 5.32 Å². The highest BCUT2D eigenvalue weighted by molar-refractivity contribution is 8.14. The number of hydrogen-bond acceptors (Lipinski definition) is 5. The van der Waals surface area contributed by atoms with Gasteiger partial charge in [-0.1, -0.05) is 36.0 Å². The van der Waals surface area contributed by atoms with E-state index in [9.17, 15) is 13.2 Å². The van der Waals surface area contributed by atoms with E-state index in [0.717, 1.165) is 16.9 Å². The molecule has 0 fully saturated rings. The van der Waals surface area contributed by atoms with Gasteiger partial charge >= 0.3 is 0 Å². The highest BCUT2D eigenvalue weighted by atomic mass is 32.2. The minimum Gasteiger partial charge on any atom is -0.304 e. The molecule has 0 spiro atoms. The highest BCUT2D eigenvalue weighted by Gasteiger charge is 2.38. The average molecular weight is 353 g/mol. The molecule has 8 heteroatoms. The topological polar surface area (TPSA) is 78.8 Å². The molecule has 0 unspecified atom stereocenters. The summed E-state index contributed by atoms with van der Waals surface area (Å²) in [7, 11) is -3.47. The van der Waals surface area contributed by atoms with E-state index in [1.807, 2.05) is 24.3 Å². The zero-order valence-electron chi connectivity index (χ0n) is 12.9. The monoisotopic (exact) mass is 353 g/mol. The number of rotatable bonds is 3. The molecule has 23 heavy (non-hydrogen) atoms. The SMILES string of the molecule is CCS(=O)(=O)N1Cc2ccccc2C[C@@H]1C(=O)NC1=NCCS1. The van der Waals surface area contributed by atoms with Gasteiger partial charge in [-0.3, -0.25) is 9.79 Å². The van der Waals surface area contributed by atoms with Crippen molar-refractivity contribution in [2.45, 2.75) is 25.9 Å². The number of carbonyl (C=O) groups excluding carboxylic acids is 1. The first-order valence-electron chi connectivity index (χ1n) is 7.55. The fourth-order valence-corrected chi connectivity index (χ4v) is 4.74. The third kappa shape index (κ3) is 3.44. The number of hydrogen-bond donors (Lipinski definition) is 1. The Hall–Kier alpha value is -1.38. The van der Waals surface area contributed by atoms with Crippen LogP contribution in [0.3, 0.4) is 0 Å². The van der Waals surface area contributed by atoms with Gasteiger partial charge in [0.15, 0.2) is 5.17 Å². The molecule has 6 nitrogen and oxygen atoms in total. The molecule has 0 bridgehead atoms. The maximum Gasteiger partial charge on any atom is 0.244 e. The van der Waals surface area contributed by atoms with E-state index in [0.29, 0.717) is 18.1 Å². The van der Waals surface area contributed by atoms with Crippen LogP contribution in [0.15, 0.2) is 29.3 Å². The van der Waals surface area contributed by atoms with Crippen LogP contribution in [0.4, 0.5) is 0 Å². The minimum absolute atomic E-state index is 0.0192. The van der Waals surface area contributed by atoms with Gasteiger partial charge in [-0.25, -0.2) is 8.42 Å². The number of sulfonamides is 1. The Balaban J connectivity index is 1.89. The van der Waals surface area contributed by atoms with Gasteiger partial charge in [0.25, 0.3) is 0 Å². The standard InChI is InChI=1S/C15H19N3O3S2/c1-2-23(20,21)18-10-12-6-4-3-5-11(12)9-13(18)14(19)17-15-16-7-8-22-15/h3-6,13H,2,7-10H2,1H3,(H,16,17,19)/t13-/m1/s1. The Bertz CT molecular complexity index is 746. The first-order valence-corrected chi connectivity index (χ1v) is 10.1. The lowest BCUT2D eigenvalue weighted by Crippen LogP contribution is -2.53. The molecular weight excluding hydrogens is 334 g/mol. The van der Waals surface area contributed by atoms with Gasteiger partial charge in [0.05, 0.1) is 12.3 Å². The number of amidine groups is 1. The summed E-state index contributed by atoms with van der Waals surface area (Å²) in [4.78, 5) is 16.8. The number of fused-ring (bicyclic) bond motifs is 1. The summed E-state index contributed by atoms with van der Waals surface area (Å²) in [6.45, 7) is 2.52. The van der Waals surface area contributed by atoms with Crippen LogP contribution in [-0.4, -0.2) is 47.9 Å². The number of carbonyl (C=O) groups is 1. The summed E-state index contributed by atoms with van der Waals surface area (Å²) < 4.78 is 26.2. The lowest BCUT2D eigenvalue weighted by Gasteiger charge is -2.34. The molecule has 0 aliphatic carbocycles. The normalized spacial score (nSPS) is 21.6. The van der Waals surface area contributed by atoms with E-state index in [-0.39, 0.29) is 18.2 Å². The smallest absolute Gasteiger partial charge is 0.244 e. The lowest BCUT2D eigenvalue weighted by atomic mass is 9.95. The van der Waals surface area contributed by atoms with Gasteiger partial charge in [0.1, 0.15) is 6.04 Å². The zero-order chi connectivity index (χ0) is 16.4. The van der Waals surface area contributed by atoms with Gasteiger partial charge in [0.2, 0.25) is 15.9 Å². The van der Waals surface area contributed by atoms with E-state index < -0.39 is 16.1 Å². The Morgan fingerprint density at radius 1 is 1.39 bits per heavy atom. The van der Waals surface area contributed by atoms with Crippen LogP contribution in [0.2, 0.25) is 0 Å². The van der Waals surface area contributed by atoms with Gasteiger partial charge in [-0.05, 0) is 24.5 Å². The first-order chi connectivity index (χ1) is 11.0. The van der Waals surface area contributed by atoms with Crippen LogP contribution >= 0.6 is 11.8 Å². The van der Waals surface area contributed by atoms with Crippen molar-refractivity contribution in [1.29, 1.82) is 0 Å². The summed E-state index contributed by atoms with van der Waals surface area (Å²) in [6.07, 6.45) is 0.388. The number of nitrogens with one attached hydrogen (secondary N) is 1. The highest BCUT2D eigenvalue weighted by Crippen LogP contribution is 2.26. The number of amides is 1. The Kier molecular flexibility index (Phi) is 4.74. The van der Waals surface area contributed by atoms with Crippen molar-refractivity contribution >= 4 is 32.9 Å². The molecule has 2 aliphatic heterocycles. The van der Waals surface area contributed by atoms with Crippen LogP contribution in [0.25, 0.3) is 0 Å². The second-order valence-electron chi connectivity index (χ2n) is 5.46. The Labute approximate surface area is 140 Å². The Morgan fingerprint density at radius 3 is 2.78 bits per heavy atom. The summed E-state index contributed by atoms with van der Waals surface area (Å²) in [5.74, 6) is 0.527. The first kappa shape index (κ1) is 16.5. The summed E-state index contributed by atoms with van der Waals surface area (Å²) in [6, 6.07) is 6.94. The third-order valence-electron chi connectivity index (χ3n) is 4.05. The van der Waals surface area contributed by atoms with Gasteiger partial charge in [-0.2, -0.15) is 4.31 Å². The predicted octanol–water partition coefficient (Wildman–Crippen LogP) is 0.982. The van der Waals surface area contributed by atoms with E-state index >= 15 is 0 Å². The molecule has 3 rings (SSSR count). The van der Waals surface area contributed by atoms with E-state index in [1.165, 1.54) is 16.1 Å². The molecule has 1 aromatic rings. The van der Waals surface area contributed by atoms with Crippen molar-refractivity contribution in [2.75, 3.05) is 18.1 Å². The van der Waals surface area contributed by atoms with E-state index in [2.05, 4.69) is 10.3 Å². The van der Waals surface area contributed by atoms with Crippen molar-refractivity contribution in [3.8, 4) is 0 Å². The number of aliphatic imine (C=N–C) groups is 1. The average Bonchev–Trinajstić information content (AvgIpc) is 3.06. The molecule has 1 amide bonds. The Morgan fingerprint density at radius 2 is 2.13 bits per heavy atom. The van der Waals surface area contributed by atoms with Crippen LogP contribution in [0.5, 0.6) is 0 Å². The fourth-order valence-electron chi connectivity index (χ4n) is 2.78. The molecule has 124 valence electrons. The summed E-state index contributed by atoms with van der Waals surface area (Å²) in [5, 5.41) is 3.36. The second kappa shape index (κ2) is 6.62. The molecule has 0 aromatic heterocycles. The molecule has 0 saturated carbocycles. The molecule has 2 aliphatic rings. The van der Waals surface area contributed by atoms with Gasteiger partial charge in [0, 0.05) is 12.3 Å². The van der Waals surface area contributed by atoms with E-state index in [1.54, 1.807) is 6.92 Å². The van der Waals surface area contributed by atoms with Crippen molar-refractivity contribution in [3.63, 3.8) is 0 Å². The molecule has 1 N–H and O–H groups in total. The third-order valence-corrected chi connectivity index (χ3v) is 6.76. The van der Waals surface area contributed by atoms with Crippen LogP contribution in [-0.2, 0) is 27.8 Å². The van der Waals surface area contributed by atoms with Crippen molar-refractivity contribution in [1.82, 2.24) is 9.62 Å². The quantitative estimate of drug-likeness (QED) is 0.879. The molecule has 1 aromatic carbocycles. The summed E-state index contributed by atoms with van der Waals surface area (Å²) in [5.41, 5.74) is 1.98. The van der Waals surface area contributed by atoms with E-state index in [4.69, 9.17) is 0 Å². The van der Waals surface area contributed by atoms with Crippen LogP contribution in [0, 0.1) is 0 Å². The lowest BCUT2D eigenvalue weighted by molar-refractivity contribution is -0.123. The largest absolute Gasteiger partial charge is 0.304 e. The number of thioether (sulfide) groups is 1. The molecule has 1 atom stereocenters. The zero-order valence-corrected chi connectivity index (χ0v) is 14.5. The van der Waals surface area contributed by atoms with Gasteiger partial charge in [-0.15, -0.1) is 0 Å². The number of benzene rings is 1. The molecular formula is C15H19N3O3S2. The molecule has 2 heterocycles. The van der Waals surface area contributed by atoms with Crippen molar-refractivity contribution in [3.05, 3.63) is 35.4 Å². The van der Waals surface area contributed by atoms with Crippen LogP contribution < -0.4 is 5.32 Å². The predicted molar refractivity (Wildman–Crippen MR) is 91.8 cm³/mol.